The molecule has 2 aliphatic carbocycles. The van der Waals surface area contributed by atoms with Crippen LogP contribution in [-0.4, -0.2) is 0 Å². The van der Waals surface area contributed by atoms with Crippen LogP contribution in [0.3, 0.4) is 0 Å². The highest BCUT2D eigenvalue weighted by Gasteiger charge is 2.23. The maximum absolute atomic E-state index is 2.41. The largest absolute Gasteiger partial charge is 0.0654 e. The van der Waals surface area contributed by atoms with Crippen molar-refractivity contribution in [2.24, 2.45) is 11.8 Å². The van der Waals surface area contributed by atoms with Gasteiger partial charge in [-0.05, 0) is 97.3 Å². The van der Waals surface area contributed by atoms with Gasteiger partial charge in [-0.3, -0.25) is 0 Å². The van der Waals surface area contributed by atoms with Gasteiger partial charge in [0.15, 0.2) is 0 Å². The van der Waals surface area contributed by atoms with Gasteiger partial charge in [-0.15, -0.1) is 0 Å². The first-order valence-electron chi connectivity index (χ1n) is 13.5. The highest BCUT2D eigenvalue weighted by atomic mass is 14.3. The minimum atomic E-state index is 0.789. The van der Waals surface area contributed by atoms with Gasteiger partial charge < -0.3 is 0 Å². The molecule has 0 N–H and O–H groups in total. The lowest BCUT2D eigenvalue weighted by atomic mass is 9.76. The molecule has 2 fully saturated rings. The molecule has 0 amide bonds. The Balaban J connectivity index is 1.31. The Labute approximate surface area is 191 Å². The minimum Gasteiger partial charge on any atom is -0.0654 e. The van der Waals surface area contributed by atoms with E-state index in [4.69, 9.17) is 0 Å². The zero-order valence-electron chi connectivity index (χ0n) is 20.1. The standard InChI is InChI=1S/C31H44/c1-3-5-7-25-10-14-27(15-11-25)29-18-22-31(23-19-29)30-20-16-28(17-21-30)26-12-8-24(6-4-2)9-13-26/h16-27H,3-15H2,1-2H3/t24-,25-,26-,27-. The number of hydrogen-bond acceptors (Lipinski definition) is 0. The second kappa shape index (κ2) is 11.3. The fourth-order valence-corrected chi connectivity index (χ4v) is 6.37. The summed E-state index contributed by atoms with van der Waals surface area (Å²) in [6.07, 6.45) is 18.3. The highest BCUT2D eigenvalue weighted by Crippen LogP contribution is 2.39. The minimum absolute atomic E-state index is 0.789. The van der Waals surface area contributed by atoms with Crippen molar-refractivity contribution in [3.05, 3.63) is 59.7 Å². The van der Waals surface area contributed by atoms with Gasteiger partial charge in [-0.2, -0.15) is 0 Å². The predicted molar refractivity (Wildman–Crippen MR) is 136 cm³/mol. The quantitative estimate of drug-likeness (QED) is 0.401. The van der Waals surface area contributed by atoms with Crippen molar-refractivity contribution in [3.8, 4) is 11.1 Å². The fourth-order valence-electron chi connectivity index (χ4n) is 6.37. The molecule has 2 aromatic carbocycles. The molecule has 0 heterocycles. The Bertz CT molecular complexity index is 753. The van der Waals surface area contributed by atoms with E-state index < -0.39 is 0 Å². The van der Waals surface area contributed by atoms with E-state index >= 15 is 0 Å². The Morgan fingerprint density at radius 2 is 0.935 bits per heavy atom. The molecule has 0 spiro atoms. The van der Waals surface area contributed by atoms with E-state index in [-0.39, 0.29) is 0 Å². The summed E-state index contributed by atoms with van der Waals surface area (Å²) in [5, 5.41) is 0. The van der Waals surface area contributed by atoms with Gasteiger partial charge in [0.05, 0.1) is 0 Å². The summed E-state index contributed by atoms with van der Waals surface area (Å²) in [6.45, 7) is 4.65. The van der Waals surface area contributed by atoms with Crippen molar-refractivity contribution < 1.29 is 0 Å². The van der Waals surface area contributed by atoms with Crippen molar-refractivity contribution in [2.45, 2.75) is 109 Å². The van der Waals surface area contributed by atoms with Crippen LogP contribution >= 0.6 is 0 Å². The monoisotopic (exact) mass is 416 g/mol. The lowest BCUT2D eigenvalue weighted by molar-refractivity contribution is 0.304. The van der Waals surface area contributed by atoms with Gasteiger partial charge in [0, 0.05) is 0 Å². The van der Waals surface area contributed by atoms with Gasteiger partial charge in [0.2, 0.25) is 0 Å². The normalized spacial score (nSPS) is 26.6. The summed E-state index contributed by atoms with van der Waals surface area (Å²) in [6, 6.07) is 19.1. The van der Waals surface area contributed by atoms with Crippen LogP contribution in [0.15, 0.2) is 48.5 Å². The molecule has 2 aliphatic rings. The Morgan fingerprint density at radius 3 is 1.32 bits per heavy atom. The molecule has 31 heavy (non-hydrogen) atoms. The predicted octanol–water partition coefficient (Wildman–Crippen LogP) is 9.89. The molecule has 0 bridgehead atoms. The third-order valence-corrected chi connectivity index (χ3v) is 8.45. The molecule has 4 rings (SSSR count). The van der Waals surface area contributed by atoms with Crippen LogP contribution in [0, 0.1) is 11.8 Å². The second-order valence-corrected chi connectivity index (χ2v) is 10.6. The summed E-state index contributed by atoms with van der Waals surface area (Å²) in [4.78, 5) is 0. The molecule has 0 radical (unpaired) electrons. The van der Waals surface area contributed by atoms with Crippen LogP contribution < -0.4 is 0 Å². The molecule has 2 saturated carbocycles. The maximum atomic E-state index is 2.41. The number of rotatable bonds is 8. The summed E-state index contributed by atoms with van der Waals surface area (Å²) in [5.74, 6) is 3.57. The Morgan fingerprint density at radius 1 is 0.516 bits per heavy atom. The van der Waals surface area contributed by atoms with E-state index in [1.165, 1.54) is 94.6 Å². The van der Waals surface area contributed by atoms with Crippen LogP contribution in [0.25, 0.3) is 11.1 Å². The molecular weight excluding hydrogens is 372 g/mol. The van der Waals surface area contributed by atoms with E-state index in [0.717, 1.165) is 23.7 Å². The van der Waals surface area contributed by atoms with Crippen molar-refractivity contribution in [1.82, 2.24) is 0 Å². The molecule has 0 aliphatic heterocycles. The van der Waals surface area contributed by atoms with Crippen LogP contribution in [0.4, 0.5) is 0 Å². The van der Waals surface area contributed by atoms with E-state index in [2.05, 4.69) is 62.4 Å². The number of hydrogen-bond donors (Lipinski definition) is 0. The Kier molecular flexibility index (Phi) is 8.28. The van der Waals surface area contributed by atoms with Gasteiger partial charge in [0.25, 0.3) is 0 Å². The first kappa shape index (κ1) is 22.6. The molecule has 0 atom stereocenters. The molecule has 0 nitrogen and oxygen atoms in total. The molecule has 0 unspecified atom stereocenters. The third-order valence-electron chi connectivity index (χ3n) is 8.45. The summed E-state index contributed by atoms with van der Waals surface area (Å²) < 4.78 is 0. The van der Waals surface area contributed by atoms with Gasteiger partial charge in [-0.25, -0.2) is 0 Å². The zero-order chi connectivity index (χ0) is 21.5. The average Bonchev–Trinajstić information content (AvgIpc) is 2.84. The topological polar surface area (TPSA) is 0 Å². The van der Waals surface area contributed by atoms with Crippen molar-refractivity contribution in [3.63, 3.8) is 0 Å². The molecular formula is C31H44. The fraction of sp³-hybridized carbons (Fsp3) is 0.613. The van der Waals surface area contributed by atoms with Gasteiger partial charge in [-0.1, -0.05) is 94.5 Å². The summed E-state index contributed by atoms with van der Waals surface area (Å²) >= 11 is 0. The van der Waals surface area contributed by atoms with E-state index in [9.17, 15) is 0 Å². The summed E-state index contributed by atoms with van der Waals surface area (Å²) in [5.41, 5.74) is 5.88. The smallest absolute Gasteiger partial charge is 0.0162 e. The number of unbranched alkanes of at least 4 members (excludes halogenated alkanes) is 1. The van der Waals surface area contributed by atoms with Crippen LogP contribution in [0.2, 0.25) is 0 Å². The van der Waals surface area contributed by atoms with Gasteiger partial charge in [0.1, 0.15) is 0 Å². The summed E-state index contributed by atoms with van der Waals surface area (Å²) in [7, 11) is 0. The molecule has 168 valence electrons. The van der Waals surface area contributed by atoms with Crippen LogP contribution in [-0.2, 0) is 0 Å². The average molecular weight is 417 g/mol. The first-order valence-corrected chi connectivity index (χ1v) is 13.5. The Hall–Kier alpha value is -1.56. The maximum Gasteiger partial charge on any atom is -0.0162 e. The lowest BCUT2D eigenvalue weighted by Gasteiger charge is -2.29. The second-order valence-electron chi connectivity index (χ2n) is 10.6. The molecule has 0 saturated heterocycles. The van der Waals surface area contributed by atoms with Crippen molar-refractivity contribution in [1.29, 1.82) is 0 Å². The van der Waals surface area contributed by atoms with E-state index in [1.807, 2.05) is 0 Å². The lowest BCUT2D eigenvalue weighted by Crippen LogP contribution is -2.13. The van der Waals surface area contributed by atoms with Crippen LogP contribution in [0.5, 0.6) is 0 Å². The number of benzene rings is 2. The first-order chi connectivity index (χ1) is 15.3. The molecule has 0 heteroatoms. The third kappa shape index (κ3) is 6.03. The van der Waals surface area contributed by atoms with E-state index in [1.54, 1.807) is 11.1 Å². The van der Waals surface area contributed by atoms with Gasteiger partial charge >= 0.3 is 0 Å². The van der Waals surface area contributed by atoms with E-state index in [0.29, 0.717) is 0 Å². The molecule has 0 aromatic heterocycles. The van der Waals surface area contributed by atoms with Crippen LogP contribution in [0.1, 0.15) is 120 Å². The molecule has 2 aromatic rings. The van der Waals surface area contributed by atoms with Crippen molar-refractivity contribution in [2.75, 3.05) is 0 Å². The highest BCUT2D eigenvalue weighted by molar-refractivity contribution is 5.64. The SMILES string of the molecule is CCCC[C@H]1CC[C@H](c2ccc(-c3ccc([C@H]4CC[C@H](CCC)CC4)cc3)cc2)CC1. The zero-order valence-corrected chi connectivity index (χ0v) is 20.1. The van der Waals surface area contributed by atoms with Crippen molar-refractivity contribution >= 4 is 0 Å².